The summed E-state index contributed by atoms with van der Waals surface area (Å²) in [5.41, 5.74) is 0.970. The Morgan fingerprint density at radius 2 is 1.67 bits per heavy atom. The largest absolute Gasteiger partial charge is 0.465 e. The highest BCUT2D eigenvalue weighted by atomic mass is 16.5. The molecule has 1 rings (SSSR count). The molecule has 5 heteroatoms. The van der Waals surface area contributed by atoms with Crippen LogP contribution in [0.1, 0.15) is 18.5 Å². The van der Waals surface area contributed by atoms with Crippen LogP contribution in [0.3, 0.4) is 0 Å². The highest BCUT2D eigenvalue weighted by Crippen LogP contribution is 2.10. The molecule has 1 aromatic carbocycles. The summed E-state index contributed by atoms with van der Waals surface area (Å²) in [6, 6.07) is 10.0. The number of hydrogen-bond acceptors (Lipinski definition) is 5. The maximum atomic E-state index is 11.4. The second-order valence-corrected chi connectivity index (χ2v) is 4.22. The quantitative estimate of drug-likeness (QED) is 0.286. The van der Waals surface area contributed by atoms with E-state index < -0.39 is 11.9 Å². The van der Waals surface area contributed by atoms with E-state index in [9.17, 15) is 9.59 Å². The first-order valence-corrected chi connectivity index (χ1v) is 6.44. The molecule has 0 saturated carbocycles. The van der Waals surface area contributed by atoms with Crippen molar-refractivity contribution in [2.75, 3.05) is 14.2 Å². The summed E-state index contributed by atoms with van der Waals surface area (Å²) in [5, 5.41) is 3.14. The van der Waals surface area contributed by atoms with Gasteiger partial charge in [-0.05, 0) is 30.8 Å². The number of methoxy groups -OCH3 is 2. The van der Waals surface area contributed by atoms with Crippen LogP contribution in [0.2, 0.25) is 0 Å². The van der Waals surface area contributed by atoms with Gasteiger partial charge in [-0.3, -0.25) is 0 Å². The van der Waals surface area contributed by atoms with Crippen LogP contribution in [0, 0.1) is 0 Å². The predicted octanol–water partition coefficient (Wildman–Crippen LogP) is 2.12. The predicted molar refractivity (Wildman–Crippen MR) is 79.2 cm³/mol. The van der Waals surface area contributed by atoms with Crippen molar-refractivity contribution in [1.82, 2.24) is 5.32 Å². The molecule has 0 bridgehead atoms. The van der Waals surface area contributed by atoms with Crippen LogP contribution < -0.4 is 5.32 Å². The Hall–Kier alpha value is -2.56. The van der Waals surface area contributed by atoms with E-state index in [4.69, 9.17) is 0 Å². The highest BCUT2D eigenvalue weighted by Gasteiger charge is 2.18. The van der Waals surface area contributed by atoms with Crippen LogP contribution >= 0.6 is 0 Å². The Kier molecular flexibility index (Phi) is 6.74. The van der Waals surface area contributed by atoms with Crippen LogP contribution in [-0.4, -0.2) is 26.2 Å². The van der Waals surface area contributed by atoms with Crippen molar-refractivity contribution in [3.8, 4) is 0 Å². The molecule has 1 N–H and O–H groups in total. The Balaban J connectivity index is 2.68. The van der Waals surface area contributed by atoms with Gasteiger partial charge in [0.1, 0.15) is 5.57 Å². The highest BCUT2D eigenvalue weighted by molar-refractivity contribution is 6.14. The summed E-state index contributed by atoms with van der Waals surface area (Å²) in [5.74, 6) is -1.47. The fourth-order valence-electron chi connectivity index (χ4n) is 1.62. The van der Waals surface area contributed by atoms with E-state index in [2.05, 4.69) is 14.8 Å². The number of benzene rings is 1. The standard InChI is InChI=1S/C16H19NO4/c1-12(13-8-5-4-6-9-13)17-11-7-10-14(15(18)20-2)16(19)21-3/h4-12,17H,1-3H3/b11-7+/t12-/m1/s1. The molecule has 0 saturated heterocycles. The fourth-order valence-corrected chi connectivity index (χ4v) is 1.62. The zero-order valence-corrected chi connectivity index (χ0v) is 12.3. The molecule has 0 aliphatic rings. The number of esters is 2. The van der Waals surface area contributed by atoms with Crippen molar-refractivity contribution in [3.05, 3.63) is 59.8 Å². The summed E-state index contributed by atoms with van der Waals surface area (Å²) in [7, 11) is 2.41. The summed E-state index contributed by atoms with van der Waals surface area (Å²) in [6.07, 6.45) is 4.56. The zero-order valence-electron chi connectivity index (χ0n) is 12.3. The minimum atomic E-state index is -0.734. The number of hydrogen-bond donors (Lipinski definition) is 1. The topological polar surface area (TPSA) is 64.6 Å². The van der Waals surface area contributed by atoms with Crippen molar-refractivity contribution in [3.63, 3.8) is 0 Å². The second-order valence-electron chi connectivity index (χ2n) is 4.22. The van der Waals surface area contributed by atoms with Gasteiger partial charge in [-0.25, -0.2) is 9.59 Å². The Labute approximate surface area is 124 Å². The first-order valence-electron chi connectivity index (χ1n) is 6.44. The van der Waals surface area contributed by atoms with E-state index in [1.165, 1.54) is 20.3 Å². The normalized spacial score (nSPS) is 11.6. The van der Waals surface area contributed by atoms with Gasteiger partial charge in [0.2, 0.25) is 0 Å². The number of carbonyl (C=O) groups is 2. The maximum absolute atomic E-state index is 11.4. The Morgan fingerprint density at radius 3 is 2.19 bits per heavy atom. The van der Waals surface area contributed by atoms with Crippen LogP contribution in [-0.2, 0) is 19.1 Å². The molecular formula is C16H19NO4. The molecule has 0 amide bonds. The first-order chi connectivity index (χ1) is 10.1. The average molecular weight is 289 g/mol. The average Bonchev–Trinajstić information content (AvgIpc) is 2.54. The summed E-state index contributed by atoms with van der Waals surface area (Å²) in [6.45, 7) is 2.00. The molecule has 0 spiro atoms. The maximum Gasteiger partial charge on any atom is 0.345 e. The van der Waals surface area contributed by atoms with E-state index in [0.717, 1.165) is 5.56 Å². The third-order valence-electron chi connectivity index (χ3n) is 2.82. The lowest BCUT2D eigenvalue weighted by Gasteiger charge is -2.11. The molecule has 0 aliphatic heterocycles. The van der Waals surface area contributed by atoms with Gasteiger partial charge in [0.15, 0.2) is 0 Å². The number of allylic oxidation sites excluding steroid dienone is 2. The molecule has 112 valence electrons. The van der Waals surface area contributed by atoms with Crippen LogP contribution in [0.15, 0.2) is 54.3 Å². The minimum Gasteiger partial charge on any atom is -0.465 e. The molecule has 0 fully saturated rings. The molecule has 0 aliphatic carbocycles. The third kappa shape index (κ3) is 5.14. The third-order valence-corrected chi connectivity index (χ3v) is 2.82. The van der Waals surface area contributed by atoms with Crippen molar-refractivity contribution >= 4 is 11.9 Å². The molecular weight excluding hydrogens is 270 g/mol. The van der Waals surface area contributed by atoms with E-state index in [-0.39, 0.29) is 11.6 Å². The van der Waals surface area contributed by atoms with E-state index >= 15 is 0 Å². The summed E-state index contributed by atoms with van der Waals surface area (Å²) >= 11 is 0. The Morgan fingerprint density at radius 1 is 1.10 bits per heavy atom. The van der Waals surface area contributed by atoms with Crippen LogP contribution in [0.5, 0.6) is 0 Å². The van der Waals surface area contributed by atoms with E-state index in [1.54, 1.807) is 12.3 Å². The van der Waals surface area contributed by atoms with Gasteiger partial charge in [-0.2, -0.15) is 0 Å². The smallest absolute Gasteiger partial charge is 0.345 e. The van der Waals surface area contributed by atoms with Crippen molar-refractivity contribution in [2.24, 2.45) is 0 Å². The zero-order chi connectivity index (χ0) is 15.7. The molecule has 0 radical (unpaired) electrons. The number of nitrogens with one attached hydrogen (secondary N) is 1. The van der Waals surface area contributed by atoms with Crippen LogP contribution in [0.4, 0.5) is 0 Å². The van der Waals surface area contributed by atoms with Gasteiger partial charge in [0.25, 0.3) is 0 Å². The van der Waals surface area contributed by atoms with Crippen molar-refractivity contribution < 1.29 is 19.1 Å². The monoisotopic (exact) mass is 289 g/mol. The lowest BCUT2D eigenvalue weighted by atomic mass is 10.1. The lowest BCUT2D eigenvalue weighted by Crippen LogP contribution is -2.15. The van der Waals surface area contributed by atoms with E-state index in [0.29, 0.717) is 0 Å². The summed E-state index contributed by atoms with van der Waals surface area (Å²) in [4.78, 5) is 22.8. The number of rotatable bonds is 6. The fraction of sp³-hybridized carbons (Fsp3) is 0.250. The van der Waals surface area contributed by atoms with Gasteiger partial charge in [0, 0.05) is 6.04 Å². The SMILES string of the molecule is COC(=O)C(=C/C=C/N[C@H](C)c1ccccc1)C(=O)OC. The molecule has 21 heavy (non-hydrogen) atoms. The second kappa shape index (κ2) is 8.58. The number of ether oxygens (including phenoxy) is 2. The minimum absolute atomic E-state index is 0.107. The van der Waals surface area contributed by atoms with Gasteiger partial charge >= 0.3 is 11.9 Å². The molecule has 0 aromatic heterocycles. The van der Waals surface area contributed by atoms with E-state index in [1.807, 2.05) is 37.3 Å². The first kappa shape index (κ1) is 16.5. The van der Waals surface area contributed by atoms with Crippen LogP contribution in [0.25, 0.3) is 0 Å². The molecule has 5 nitrogen and oxygen atoms in total. The molecule has 1 atom stereocenters. The summed E-state index contributed by atoms with van der Waals surface area (Å²) < 4.78 is 9.04. The van der Waals surface area contributed by atoms with Crippen molar-refractivity contribution in [1.29, 1.82) is 0 Å². The molecule has 1 aromatic rings. The van der Waals surface area contributed by atoms with Gasteiger partial charge in [-0.15, -0.1) is 0 Å². The van der Waals surface area contributed by atoms with Gasteiger partial charge in [-0.1, -0.05) is 30.3 Å². The van der Waals surface area contributed by atoms with Crippen molar-refractivity contribution in [2.45, 2.75) is 13.0 Å². The lowest BCUT2D eigenvalue weighted by molar-refractivity contribution is -0.144. The molecule has 0 heterocycles. The Bertz CT molecular complexity index is 516. The number of carbonyl (C=O) groups excluding carboxylic acids is 2. The van der Waals surface area contributed by atoms with Gasteiger partial charge < -0.3 is 14.8 Å². The van der Waals surface area contributed by atoms with Gasteiger partial charge in [0.05, 0.1) is 14.2 Å². The molecule has 0 unspecified atom stereocenters.